The first kappa shape index (κ1) is 32.2. The summed E-state index contributed by atoms with van der Waals surface area (Å²) in [7, 11) is 0. The highest BCUT2D eigenvalue weighted by Gasteiger charge is 2.21. The molecule has 0 aliphatic heterocycles. The Kier molecular flexibility index (Phi) is 8.12. The Bertz CT molecular complexity index is 2860. The highest BCUT2D eigenvalue weighted by Crippen LogP contribution is 2.42. The lowest BCUT2D eigenvalue weighted by Gasteiger charge is -2.12. The van der Waals surface area contributed by atoms with Crippen molar-refractivity contribution in [1.29, 1.82) is 0 Å². The van der Waals surface area contributed by atoms with Gasteiger partial charge in [0, 0.05) is 33.0 Å². The molecule has 0 unspecified atom stereocenters. The quantitative estimate of drug-likeness (QED) is 0.166. The van der Waals surface area contributed by atoms with Crippen molar-refractivity contribution in [3.63, 3.8) is 0 Å². The molecule has 10 rings (SSSR count). The summed E-state index contributed by atoms with van der Waals surface area (Å²) in [5, 5.41) is 8.81. The summed E-state index contributed by atoms with van der Waals surface area (Å²) in [6.45, 7) is 0. The van der Waals surface area contributed by atoms with Crippen molar-refractivity contribution in [1.82, 2.24) is 19.7 Å². The minimum atomic E-state index is 0.712. The molecule has 10 aromatic rings. The van der Waals surface area contributed by atoms with Gasteiger partial charge in [-0.15, -0.1) is 0 Å². The number of para-hydroxylation sites is 1. The van der Waals surface area contributed by atoms with Crippen LogP contribution in [0.25, 0.3) is 94.8 Å². The van der Waals surface area contributed by atoms with Crippen LogP contribution in [0.15, 0.2) is 206 Å². The van der Waals surface area contributed by atoms with Crippen LogP contribution in [0.4, 0.5) is 0 Å². The Labute approximate surface area is 319 Å². The number of benzene rings is 8. The van der Waals surface area contributed by atoms with E-state index in [-0.39, 0.29) is 0 Å². The second-order valence-electron chi connectivity index (χ2n) is 13.7. The van der Waals surface area contributed by atoms with Gasteiger partial charge in [-0.2, -0.15) is 5.10 Å². The van der Waals surface area contributed by atoms with Gasteiger partial charge in [-0.25, -0.2) is 14.6 Å². The fraction of sp³-hybridized carbons (Fsp3) is 0. The third kappa shape index (κ3) is 6.06. The van der Waals surface area contributed by atoms with E-state index in [1.165, 1.54) is 10.8 Å². The van der Waals surface area contributed by atoms with Crippen LogP contribution in [-0.4, -0.2) is 19.7 Å². The van der Waals surface area contributed by atoms with Gasteiger partial charge in [-0.3, -0.25) is 0 Å². The molecule has 0 aliphatic rings. The van der Waals surface area contributed by atoms with Crippen molar-refractivity contribution in [2.24, 2.45) is 0 Å². The van der Waals surface area contributed by atoms with Crippen LogP contribution in [0.2, 0.25) is 0 Å². The lowest BCUT2D eigenvalue weighted by atomic mass is 9.92. The molecule has 0 saturated carbocycles. The maximum atomic E-state index is 5.32. The van der Waals surface area contributed by atoms with E-state index in [1.54, 1.807) is 0 Å². The van der Waals surface area contributed by atoms with Crippen LogP contribution < -0.4 is 0 Å². The Morgan fingerprint density at radius 1 is 0.364 bits per heavy atom. The number of nitrogens with zero attached hydrogens (tertiary/aromatic N) is 4. The minimum Gasteiger partial charge on any atom is -0.232 e. The standard InChI is InChI=1S/C51H34N4/c1-5-15-38(16-6-1)46-34-47(53-51(52-46)41-19-9-3-10-20-41)39-31-27-36(28-32-39)35-25-29-37(30-26-35)45-33-42-21-13-14-24-44(42)50-48(45)49(40-17-7-2-8-18-40)54-55(50)43-22-11-4-12-23-43/h1-34H. The Balaban J connectivity index is 1.05. The van der Waals surface area contributed by atoms with E-state index in [2.05, 4.69) is 168 Å². The van der Waals surface area contributed by atoms with Crippen LogP contribution in [0.3, 0.4) is 0 Å². The lowest BCUT2D eigenvalue weighted by Crippen LogP contribution is -1.96. The molecule has 4 nitrogen and oxygen atoms in total. The zero-order valence-electron chi connectivity index (χ0n) is 29.9. The average molecular weight is 703 g/mol. The summed E-state index contributed by atoms with van der Waals surface area (Å²) in [6, 6.07) is 72.1. The summed E-state index contributed by atoms with van der Waals surface area (Å²) >= 11 is 0. The highest BCUT2D eigenvalue weighted by atomic mass is 15.3. The Morgan fingerprint density at radius 3 is 1.45 bits per heavy atom. The molecule has 0 spiro atoms. The van der Waals surface area contributed by atoms with Gasteiger partial charge < -0.3 is 0 Å². The summed E-state index contributed by atoms with van der Waals surface area (Å²) in [5.74, 6) is 0.712. The lowest BCUT2D eigenvalue weighted by molar-refractivity contribution is 0.918. The molecule has 0 saturated heterocycles. The van der Waals surface area contributed by atoms with E-state index < -0.39 is 0 Å². The Morgan fingerprint density at radius 2 is 0.836 bits per heavy atom. The van der Waals surface area contributed by atoms with Gasteiger partial charge in [0.15, 0.2) is 5.82 Å². The first-order valence-corrected chi connectivity index (χ1v) is 18.5. The monoisotopic (exact) mass is 702 g/mol. The van der Waals surface area contributed by atoms with Gasteiger partial charge in [0.05, 0.1) is 22.6 Å². The van der Waals surface area contributed by atoms with Gasteiger partial charge in [-0.05, 0) is 51.9 Å². The minimum absolute atomic E-state index is 0.712. The molecule has 2 heterocycles. The molecule has 0 atom stereocenters. The van der Waals surface area contributed by atoms with Gasteiger partial charge in [0.1, 0.15) is 5.69 Å². The molecule has 2 aromatic heterocycles. The molecule has 55 heavy (non-hydrogen) atoms. The maximum Gasteiger partial charge on any atom is 0.160 e. The molecule has 0 amide bonds. The molecule has 0 radical (unpaired) electrons. The van der Waals surface area contributed by atoms with E-state index in [1.807, 2.05) is 42.5 Å². The van der Waals surface area contributed by atoms with Crippen molar-refractivity contribution in [2.45, 2.75) is 0 Å². The first-order chi connectivity index (χ1) is 27.3. The third-order valence-electron chi connectivity index (χ3n) is 10.3. The predicted molar refractivity (Wildman–Crippen MR) is 227 cm³/mol. The number of hydrogen-bond donors (Lipinski definition) is 0. The van der Waals surface area contributed by atoms with E-state index in [9.17, 15) is 0 Å². The van der Waals surface area contributed by atoms with E-state index in [0.717, 1.165) is 78.2 Å². The Hall–Kier alpha value is -7.43. The second-order valence-corrected chi connectivity index (χ2v) is 13.7. The largest absolute Gasteiger partial charge is 0.232 e. The van der Waals surface area contributed by atoms with E-state index in [4.69, 9.17) is 15.1 Å². The van der Waals surface area contributed by atoms with Crippen molar-refractivity contribution in [2.75, 3.05) is 0 Å². The molecule has 8 aromatic carbocycles. The fourth-order valence-corrected chi connectivity index (χ4v) is 7.51. The average Bonchev–Trinajstić information content (AvgIpc) is 3.69. The van der Waals surface area contributed by atoms with Crippen molar-refractivity contribution < 1.29 is 0 Å². The van der Waals surface area contributed by atoms with Crippen LogP contribution in [-0.2, 0) is 0 Å². The third-order valence-corrected chi connectivity index (χ3v) is 10.3. The van der Waals surface area contributed by atoms with Gasteiger partial charge in [0.2, 0.25) is 0 Å². The van der Waals surface area contributed by atoms with Gasteiger partial charge in [-0.1, -0.05) is 182 Å². The molecule has 4 heteroatoms. The van der Waals surface area contributed by atoms with Crippen LogP contribution >= 0.6 is 0 Å². The van der Waals surface area contributed by atoms with E-state index >= 15 is 0 Å². The molecule has 258 valence electrons. The summed E-state index contributed by atoms with van der Waals surface area (Å²) in [4.78, 5) is 9.98. The smallest absolute Gasteiger partial charge is 0.160 e. The molecule has 0 fully saturated rings. The number of hydrogen-bond acceptors (Lipinski definition) is 3. The molecule has 0 bridgehead atoms. The van der Waals surface area contributed by atoms with Gasteiger partial charge in [0.25, 0.3) is 0 Å². The SMILES string of the molecule is c1ccc(-c2cc(-c3ccc(-c4ccc(-c5cc6ccccc6c6c5c(-c5ccccc5)nn6-c5ccccc5)cc4)cc3)nc(-c3ccccc3)n2)cc1. The molecular formula is C51H34N4. The molecule has 0 aliphatic carbocycles. The summed E-state index contributed by atoms with van der Waals surface area (Å²) in [6.07, 6.45) is 0. The number of fused-ring (bicyclic) bond motifs is 3. The van der Waals surface area contributed by atoms with Crippen molar-refractivity contribution in [3.05, 3.63) is 206 Å². The normalized spacial score (nSPS) is 11.3. The summed E-state index contributed by atoms with van der Waals surface area (Å²) in [5.41, 5.74) is 13.7. The van der Waals surface area contributed by atoms with Crippen LogP contribution in [0.5, 0.6) is 0 Å². The van der Waals surface area contributed by atoms with Crippen molar-refractivity contribution >= 4 is 21.7 Å². The van der Waals surface area contributed by atoms with Crippen molar-refractivity contribution in [3.8, 4) is 73.1 Å². The zero-order valence-corrected chi connectivity index (χ0v) is 29.9. The van der Waals surface area contributed by atoms with Crippen LogP contribution in [0.1, 0.15) is 0 Å². The topological polar surface area (TPSA) is 43.6 Å². The fourth-order valence-electron chi connectivity index (χ4n) is 7.51. The van der Waals surface area contributed by atoms with Gasteiger partial charge >= 0.3 is 0 Å². The van der Waals surface area contributed by atoms with Crippen LogP contribution in [0, 0.1) is 0 Å². The maximum absolute atomic E-state index is 5.32. The predicted octanol–water partition coefficient (Wildman–Crippen LogP) is 13.0. The molecule has 0 N–H and O–H groups in total. The summed E-state index contributed by atoms with van der Waals surface area (Å²) < 4.78 is 2.11. The first-order valence-electron chi connectivity index (χ1n) is 18.5. The number of aromatic nitrogens is 4. The highest BCUT2D eigenvalue weighted by molar-refractivity contribution is 6.17. The second kappa shape index (κ2) is 13.8. The van der Waals surface area contributed by atoms with E-state index in [0.29, 0.717) is 5.82 Å². The zero-order chi connectivity index (χ0) is 36.6. The molecular weight excluding hydrogens is 669 g/mol. The number of rotatable bonds is 7.